The molecule has 0 aromatic heterocycles. The van der Waals surface area contributed by atoms with Crippen molar-refractivity contribution in [1.29, 1.82) is 0 Å². The molecule has 0 aliphatic heterocycles. The average molecular weight is 783 g/mol. The van der Waals surface area contributed by atoms with E-state index in [1.165, 1.54) is 0 Å². The first-order valence-electron chi connectivity index (χ1n) is 19.8. The molecule has 2 aromatic rings. The standard InChI is InChI=1S/C39H70N2O10Si2/c1-9-44-52(45-10-2,46-11-3)31-19-29-40-27-17-23-33-21-15-25-35(37(33)42)50-39(7,8)51-36-26-16-22-34(38(36)43)24-18-28-41-30-20-32-53(47-12-4,48-13-5)49-14-6/h15-16,21-22,25-26,40-43H,9-14,17-20,23-24,27-32H2,1-8H3. The Labute approximate surface area is 321 Å². The van der Waals surface area contributed by atoms with E-state index in [1.807, 2.05) is 65.8 Å². The summed E-state index contributed by atoms with van der Waals surface area (Å²) in [7, 11) is -5.25. The highest BCUT2D eigenvalue weighted by Crippen LogP contribution is 2.37. The van der Waals surface area contributed by atoms with E-state index in [0.717, 1.165) is 75.1 Å². The number of hydrogen-bond donors (Lipinski definition) is 4. The molecule has 0 aliphatic rings. The van der Waals surface area contributed by atoms with Crippen molar-refractivity contribution in [3.05, 3.63) is 47.5 Å². The Morgan fingerprint density at radius 3 is 1.15 bits per heavy atom. The lowest BCUT2D eigenvalue weighted by Gasteiger charge is -2.28. The van der Waals surface area contributed by atoms with E-state index < -0.39 is 23.4 Å². The van der Waals surface area contributed by atoms with Crippen molar-refractivity contribution in [1.82, 2.24) is 10.6 Å². The van der Waals surface area contributed by atoms with Gasteiger partial charge in [-0.1, -0.05) is 24.3 Å². The monoisotopic (exact) mass is 782 g/mol. The van der Waals surface area contributed by atoms with Crippen LogP contribution in [0, 0.1) is 0 Å². The summed E-state index contributed by atoms with van der Waals surface area (Å²) >= 11 is 0. The van der Waals surface area contributed by atoms with Crippen LogP contribution in [0.5, 0.6) is 23.0 Å². The first kappa shape index (κ1) is 46.9. The van der Waals surface area contributed by atoms with Crippen molar-refractivity contribution >= 4 is 17.6 Å². The van der Waals surface area contributed by atoms with Gasteiger partial charge in [0.1, 0.15) is 0 Å². The summed E-state index contributed by atoms with van der Waals surface area (Å²) in [5.74, 6) is -0.319. The van der Waals surface area contributed by atoms with Crippen LogP contribution in [-0.4, -0.2) is 99.4 Å². The molecule has 0 spiro atoms. The van der Waals surface area contributed by atoms with E-state index in [-0.39, 0.29) is 11.5 Å². The summed E-state index contributed by atoms with van der Waals surface area (Å²) in [5.41, 5.74) is 1.60. The van der Waals surface area contributed by atoms with Crippen LogP contribution in [0.2, 0.25) is 12.1 Å². The lowest BCUT2D eigenvalue weighted by molar-refractivity contribution is -0.0834. The first-order chi connectivity index (χ1) is 25.5. The fraction of sp³-hybridized carbons (Fsp3) is 0.692. The number of hydrogen-bond acceptors (Lipinski definition) is 12. The van der Waals surface area contributed by atoms with Crippen LogP contribution in [0.15, 0.2) is 36.4 Å². The highest BCUT2D eigenvalue weighted by molar-refractivity contribution is 6.61. The summed E-state index contributed by atoms with van der Waals surface area (Å²) in [6.07, 6.45) is 4.84. The zero-order chi connectivity index (χ0) is 39.0. The zero-order valence-corrected chi connectivity index (χ0v) is 35.9. The fourth-order valence-corrected chi connectivity index (χ4v) is 11.4. The van der Waals surface area contributed by atoms with Gasteiger partial charge in [-0.3, -0.25) is 0 Å². The topological polar surface area (TPSA) is 138 Å². The van der Waals surface area contributed by atoms with Crippen molar-refractivity contribution in [2.75, 3.05) is 65.8 Å². The Morgan fingerprint density at radius 1 is 0.509 bits per heavy atom. The van der Waals surface area contributed by atoms with Gasteiger partial charge in [-0.15, -0.1) is 0 Å². The van der Waals surface area contributed by atoms with Gasteiger partial charge in [0.2, 0.25) is 5.79 Å². The summed E-state index contributed by atoms with van der Waals surface area (Å²) in [5, 5.41) is 29.1. The van der Waals surface area contributed by atoms with Crippen LogP contribution in [-0.2, 0) is 39.4 Å². The first-order valence-corrected chi connectivity index (χ1v) is 23.6. The third-order valence-corrected chi connectivity index (χ3v) is 14.6. The lowest BCUT2D eigenvalue weighted by Crippen LogP contribution is -2.46. The van der Waals surface area contributed by atoms with Crippen molar-refractivity contribution in [2.45, 2.75) is 112 Å². The van der Waals surface area contributed by atoms with Crippen molar-refractivity contribution in [2.24, 2.45) is 0 Å². The molecule has 0 atom stereocenters. The second kappa shape index (κ2) is 25.8. The Bertz CT molecular complexity index is 1150. The number of benzene rings is 2. The van der Waals surface area contributed by atoms with Gasteiger partial charge in [-0.25, -0.2) is 0 Å². The van der Waals surface area contributed by atoms with E-state index in [4.69, 9.17) is 36.0 Å². The van der Waals surface area contributed by atoms with Crippen LogP contribution < -0.4 is 20.1 Å². The Balaban J connectivity index is 1.83. The molecular formula is C39H70N2O10Si2. The van der Waals surface area contributed by atoms with Gasteiger partial charge < -0.3 is 56.9 Å². The second-order valence-electron chi connectivity index (χ2n) is 13.0. The number of ether oxygens (including phenoxy) is 2. The molecule has 0 bridgehead atoms. The minimum atomic E-state index is -2.62. The van der Waals surface area contributed by atoms with Crippen LogP contribution in [0.4, 0.5) is 0 Å². The number of aryl methyl sites for hydroxylation is 2. The maximum Gasteiger partial charge on any atom is 0.500 e. The maximum atomic E-state index is 11.1. The molecule has 12 nitrogen and oxygen atoms in total. The number of rotatable bonds is 32. The number of aromatic hydroxyl groups is 2. The number of phenols is 2. The van der Waals surface area contributed by atoms with Crippen molar-refractivity contribution in [3.63, 3.8) is 0 Å². The molecule has 0 unspecified atom stereocenters. The molecule has 0 heterocycles. The number of phenolic OH excluding ortho intramolecular Hbond substituents is 2. The maximum absolute atomic E-state index is 11.1. The Kier molecular flexibility index (Phi) is 22.8. The molecular weight excluding hydrogens is 713 g/mol. The summed E-state index contributed by atoms with van der Waals surface area (Å²) in [4.78, 5) is 0. The Hall–Kier alpha value is -2.25. The third kappa shape index (κ3) is 17.0. The van der Waals surface area contributed by atoms with Crippen LogP contribution in [0.1, 0.15) is 92.2 Å². The highest BCUT2D eigenvalue weighted by Gasteiger charge is 2.40. The van der Waals surface area contributed by atoms with Crippen LogP contribution in [0.3, 0.4) is 0 Å². The third-order valence-electron chi connectivity index (χ3n) is 8.33. The molecule has 304 valence electrons. The average Bonchev–Trinajstić information content (AvgIpc) is 3.11. The smallest absolute Gasteiger partial charge is 0.500 e. The fourth-order valence-electron chi connectivity index (χ4n) is 6.17. The molecule has 53 heavy (non-hydrogen) atoms. The van der Waals surface area contributed by atoms with Crippen molar-refractivity contribution < 1.29 is 46.2 Å². The molecule has 0 saturated heterocycles. The Morgan fingerprint density at radius 2 is 0.830 bits per heavy atom. The van der Waals surface area contributed by atoms with Gasteiger partial charge in [0.05, 0.1) is 0 Å². The zero-order valence-electron chi connectivity index (χ0n) is 33.9. The van der Waals surface area contributed by atoms with Crippen molar-refractivity contribution in [3.8, 4) is 23.0 Å². The van der Waals surface area contributed by atoms with E-state index in [1.54, 1.807) is 26.0 Å². The van der Waals surface area contributed by atoms with E-state index >= 15 is 0 Å². The molecule has 2 aromatic carbocycles. The van der Waals surface area contributed by atoms with E-state index in [9.17, 15) is 10.2 Å². The summed E-state index contributed by atoms with van der Waals surface area (Å²) < 4.78 is 48.0. The molecule has 0 radical (unpaired) electrons. The normalized spacial score (nSPS) is 12.4. The quantitative estimate of drug-likeness (QED) is 0.0339. The minimum Gasteiger partial charge on any atom is -0.504 e. The minimum absolute atomic E-state index is 0.0947. The highest BCUT2D eigenvalue weighted by atomic mass is 28.4. The van der Waals surface area contributed by atoms with Gasteiger partial charge >= 0.3 is 17.6 Å². The molecule has 4 N–H and O–H groups in total. The molecule has 0 fully saturated rings. The van der Waals surface area contributed by atoms with Crippen LogP contribution in [0.25, 0.3) is 0 Å². The second-order valence-corrected chi connectivity index (χ2v) is 18.5. The van der Waals surface area contributed by atoms with E-state index in [0.29, 0.717) is 64.0 Å². The van der Waals surface area contributed by atoms with Gasteiger partial charge in [-0.05, 0) is 130 Å². The number of nitrogens with one attached hydrogen (secondary N) is 2. The van der Waals surface area contributed by atoms with E-state index in [2.05, 4.69) is 10.6 Å². The van der Waals surface area contributed by atoms with Gasteiger partial charge in [0.25, 0.3) is 0 Å². The molecule has 2 rings (SSSR count). The predicted octanol–water partition coefficient (Wildman–Crippen LogP) is 7.21. The van der Waals surface area contributed by atoms with Gasteiger partial charge in [0.15, 0.2) is 23.0 Å². The largest absolute Gasteiger partial charge is 0.504 e. The van der Waals surface area contributed by atoms with Gasteiger partial charge in [0, 0.05) is 65.6 Å². The molecule has 0 saturated carbocycles. The summed E-state index contributed by atoms with van der Waals surface area (Å²) in [6, 6.07) is 12.6. The molecule has 0 aliphatic carbocycles. The predicted molar refractivity (Wildman–Crippen MR) is 214 cm³/mol. The lowest BCUT2D eigenvalue weighted by atomic mass is 10.1. The van der Waals surface area contributed by atoms with Gasteiger partial charge in [-0.2, -0.15) is 0 Å². The molecule has 14 heteroatoms. The molecule has 0 amide bonds. The SMILES string of the molecule is CCO[Si](CCCNCCCc1cccc(OC(C)(C)Oc2cccc(CCCNCCC[Si](OCC)(OCC)OCC)c2O)c1O)(OCC)OCC. The number of para-hydroxylation sites is 2. The van der Waals surface area contributed by atoms with Crippen LogP contribution >= 0.6 is 0 Å². The summed E-state index contributed by atoms with van der Waals surface area (Å²) in [6.45, 7) is 22.1.